The summed E-state index contributed by atoms with van der Waals surface area (Å²) in [5.41, 5.74) is 0. The van der Waals surface area contributed by atoms with Crippen LogP contribution >= 0.6 is 33.3 Å². The topological polar surface area (TPSA) is 155 Å². The summed E-state index contributed by atoms with van der Waals surface area (Å²) in [4.78, 5) is 35.4. The molecule has 3 rings (SSSR count). The molecule has 3 heterocycles. The number of urea groups is 1. The molecule has 3 aliphatic rings. The van der Waals surface area contributed by atoms with E-state index >= 15 is 0 Å². The fraction of sp³-hybridized carbons (Fsp3) is 0.906. The van der Waals surface area contributed by atoms with E-state index in [1.807, 2.05) is 33.3 Å². The molecule has 0 bridgehead atoms. The van der Waals surface area contributed by atoms with Gasteiger partial charge in [0.25, 0.3) is 0 Å². The van der Waals surface area contributed by atoms with Crippen LogP contribution in [0.4, 0.5) is 4.79 Å². The van der Waals surface area contributed by atoms with Crippen molar-refractivity contribution in [2.45, 2.75) is 80.4 Å². The van der Waals surface area contributed by atoms with Crippen molar-refractivity contribution < 1.29 is 42.8 Å². The molecule has 0 radical (unpaired) electrons. The molecule has 3 fully saturated rings. The molecule has 48 heavy (non-hydrogen) atoms. The third-order valence-electron chi connectivity index (χ3n) is 7.99. The van der Waals surface area contributed by atoms with E-state index in [-0.39, 0.29) is 29.9 Å². The van der Waals surface area contributed by atoms with Crippen LogP contribution in [-0.4, -0.2) is 144 Å². The van der Waals surface area contributed by atoms with Crippen molar-refractivity contribution in [1.29, 1.82) is 0 Å². The number of ether oxygens (including phenoxy) is 6. The highest BCUT2D eigenvalue weighted by Gasteiger charge is 2.42. The molecule has 0 aromatic heterocycles. The highest BCUT2D eigenvalue weighted by Crippen LogP contribution is 2.40. The average Bonchev–Trinajstić information content (AvgIpc) is 3.82. The maximum Gasteiger partial charge on any atom is 0.315 e. The number of hydrogen-bond acceptors (Lipinski definition) is 12. The summed E-state index contributed by atoms with van der Waals surface area (Å²) in [7, 11) is 3.97. The Hall–Kier alpha value is -0.980. The lowest BCUT2D eigenvalue weighted by Crippen LogP contribution is -2.36. The Labute approximate surface area is 298 Å². The second-order valence-electron chi connectivity index (χ2n) is 11.8. The molecule has 0 saturated carbocycles. The summed E-state index contributed by atoms with van der Waals surface area (Å²) in [6.07, 6.45) is 8.55. The summed E-state index contributed by atoms with van der Waals surface area (Å²) in [6.45, 7) is 6.80. The van der Waals surface area contributed by atoms with Crippen molar-refractivity contribution in [2.75, 3.05) is 104 Å². The van der Waals surface area contributed by atoms with Gasteiger partial charge in [0.05, 0.1) is 91.4 Å². The van der Waals surface area contributed by atoms with Gasteiger partial charge in [0.1, 0.15) is 0 Å². The molecule has 3 aliphatic heterocycles. The fourth-order valence-electron chi connectivity index (χ4n) is 5.40. The Morgan fingerprint density at radius 3 is 1.67 bits per heavy atom. The van der Waals surface area contributed by atoms with E-state index in [9.17, 15) is 14.4 Å². The van der Waals surface area contributed by atoms with E-state index in [0.717, 1.165) is 43.1 Å². The Balaban J connectivity index is 0.928. The van der Waals surface area contributed by atoms with Gasteiger partial charge in [-0.05, 0) is 32.1 Å². The van der Waals surface area contributed by atoms with Crippen molar-refractivity contribution in [2.24, 2.45) is 0 Å². The Kier molecular flexibility index (Phi) is 23.9. The normalized spacial score (nSPS) is 21.6. The molecular weight excluding hydrogens is 681 g/mol. The van der Waals surface area contributed by atoms with Gasteiger partial charge >= 0.3 is 6.03 Å². The molecule has 4 amide bonds. The standard InChI is InChI=1S/C32H58N4O9S3/c37-29(7-3-1-5-26-9-24-47-48-26)33-10-12-40-14-16-42-18-20-44-22-23-45-21-19-43-17-15-41-13-11-34-30(38)8-4-2-6-28-31-27(25-46-28)35-32(39)36-31/h26-28,31H,1-25H2,(H,33,37)(H,34,38)(H2,35,36,39)/t26?,27-,28-,31-/m0/s1. The quantitative estimate of drug-likeness (QED) is 0.0470. The number of carbonyl (C=O) groups excluding carboxylic acids is 3. The molecule has 16 heteroatoms. The minimum atomic E-state index is -0.0587. The second kappa shape index (κ2) is 27.7. The van der Waals surface area contributed by atoms with Crippen molar-refractivity contribution >= 4 is 51.2 Å². The van der Waals surface area contributed by atoms with Crippen LogP contribution in [-0.2, 0) is 38.0 Å². The molecule has 4 N–H and O–H groups in total. The first-order valence-corrected chi connectivity index (χ1v) is 21.0. The first-order valence-electron chi connectivity index (χ1n) is 17.6. The number of fused-ring (bicyclic) bond motifs is 1. The molecule has 3 saturated heterocycles. The van der Waals surface area contributed by atoms with Gasteiger partial charge < -0.3 is 49.7 Å². The average molecular weight is 739 g/mol. The first kappa shape index (κ1) is 41.4. The van der Waals surface area contributed by atoms with Crippen LogP contribution < -0.4 is 21.3 Å². The van der Waals surface area contributed by atoms with Crippen molar-refractivity contribution in [3.8, 4) is 0 Å². The largest absolute Gasteiger partial charge is 0.377 e. The number of carbonyl (C=O) groups is 3. The number of rotatable bonds is 31. The molecule has 0 aromatic rings. The van der Waals surface area contributed by atoms with Gasteiger partial charge in [-0.2, -0.15) is 11.8 Å². The van der Waals surface area contributed by atoms with Crippen molar-refractivity contribution in [3.05, 3.63) is 0 Å². The van der Waals surface area contributed by atoms with Crippen LogP contribution in [0.2, 0.25) is 0 Å². The van der Waals surface area contributed by atoms with Gasteiger partial charge in [-0.1, -0.05) is 34.4 Å². The molecule has 0 aliphatic carbocycles. The van der Waals surface area contributed by atoms with Crippen LogP contribution in [0.5, 0.6) is 0 Å². The van der Waals surface area contributed by atoms with Crippen LogP contribution in [0.3, 0.4) is 0 Å². The maximum absolute atomic E-state index is 12.0. The van der Waals surface area contributed by atoms with E-state index in [1.54, 1.807) is 0 Å². The zero-order valence-corrected chi connectivity index (χ0v) is 30.8. The minimum absolute atomic E-state index is 0.0459. The van der Waals surface area contributed by atoms with Crippen molar-refractivity contribution in [1.82, 2.24) is 21.3 Å². The number of amides is 4. The highest BCUT2D eigenvalue weighted by atomic mass is 33.1. The van der Waals surface area contributed by atoms with E-state index in [1.165, 1.54) is 18.6 Å². The molecule has 0 spiro atoms. The predicted molar refractivity (Wildman–Crippen MR) is 192 cm³/mol. The van der Waals surface area contributed by atoms with E-state index in [4.69, 9.17) is 28.4 Å². The molecule has 13 nitrogen and oxygen atoms in total. The summed E-state index contributed by atoms with van der Waals surface area (Å²) in [5, 5.41) is 13.0. The van der Waals surface area contributed by atoms with Gasteiger partial charge in [-0.25, -0.2) is 4.79 Å². The van der Waals surface area contributed by atoms with Gasteiger partial charge in [0, 0.05) is 47.9 Å². The molecular formula is C32H58N4O9S3. The fourth-order valence-corrected chi connectivity index (χ4v) is 9.97. The van der Waals surface area contributed by atoms with Gasteiger partial charge in [-0.15, -0.1) is 0 Å². The lowest BCUT2D eigenvalue weighted by atomic mass is 10.0. The van der Waals surface area contributed by atoms with Crippen LogP contribution in [0.25, 0.3) is 0 Å². The lowest BCUT2D eigenvalue weighted by Gasteiger charge is -2.16. The molecule has 1 unspecified atom stereocenters. The van der Waals surface area contributed by atoms with Gasteiger partial charge in [-0.3, -0.25) is 9.59 Å². The van der Waals surface area contributed by atoms with Gasteiger partial charge in [0.2, 0.25) is 11.8 Å². The predicted octanol–water partition coefficient (Wildman–Crippen LogP) is 2.76. The third kappa shape index (κ3) is 20.0. The maximum atomic E-state index is 12.0. The smallest absolute Gasteiger partial charge is 0.315 e. The van der Waals surface area contributed by atoms with Gasteiger partial charge in [0.15, 0.2) is 0 Å². The van der Waals surface area contributed by atoms with E-state index < -0.39 is 0 Å². The summed E-state index contributed by atoms with van der Waals surface area (Å²) >= 11 is 1.90. The number of thioether (sulfide) groups is 1. The summed E-state index contributed by atoms with van der Waals surface area (Å²) in [5.74, 6) is 2.38. The number of hydrogen-bond donors (Lipinski definition) is 4. The van der Waals surface area contributed by atoms with E-state index in [2.05, 4.69) is 21.3 Å². The van der Waals surface area contributed by atoms with E-state index in [0.29, 0.717) is 110 Å². The van der Waals surface area contributed by atoms with Crippen molar-refractivity contribution in [3.63, 3.8) is 0 Å². The number of unbranched alkanes of at least 4 members (excludes halogenated alkanes) is 2. The van der Waals surface area contributed by atoms with Crippen LogP contribution in [0.15, 0.2) is 0 Å². The minimum Gasteiger partial charge on any atom is -0.377 e. The monoisotopic (exact) mass is 738 g/mol. The highest BCUT2D eigenvalue weighted by molar-refractivity contribution is 8.77. The summed E-state index contributed by atoms with van der Waals surface area (Å²) < 4.78 is 33.0. The molecule has 0 aromatic carbocycles. The Morgan fingerprint density at radius 2 is 1.17 bits per heavy atom. The number of nitrogens with one attached hydrogen (secondary N) is 4. The second-order valence-corrected chi connectivity index (χ2v) is 15.9. The Morgan fingerprint density at radius 1 is 0.667 bits per heavy atom. The third-order valence-corrected chi connectivity index (χ3v) is 12.5. The van der Waals surface area contributed by atoms with Crippen LogP contribution in [0, 0.1) is 0 Å². The molecule has 278 valence electrons. The summed E-state index contributed by atoms with van der Waals surface area (Å²) in [6, 6.07) is 0.414. The lowest BCUT2D eigenvalue weighted by molar-refractivity contribution is -0.122. The zero-order valence-electron chi connectivity index (χ0n) is 28.4. The first-order chi connectivity index (χ1) is 23.6. The Bertz CT molecular complexity index is 877. The SMILES string of the molecule is O=C(CCCCC1CCSS1)NCCOCCOCCOCCOCCOCCOCCNC(=O)CCCC[C@@H]1SC[C@@H]2NC(=O)N[C@@H]21. The van der Waals surface area contributed by atoms with Crippen LogP contribution in [0.1, 0.15) is 57.8 Å². The zero-order chi connectivity index (χ0) is 33.9. The molecule has 4 atom stereocenters.